The molecule has 0 bridgehead atoms. The van der Waals surface area contributed by atoms with Crippen LogP contribution in [0.3, 0.4) is 0 Å². The summed E-state index contributed by atoms with van der Waals surface area (Å²) in [6, 6.07) is 8.50. The number of benzene rings is 2. The van der Waals surface area contributed by atoms with Crippen LogP contribution in [0.4, 0.5) is 23.2 Å². The van der Waals surface area contributed by atoms with E-state index < -0.39 is 50.5 Å². The first kappa shape index (κ1) is 25.7. The molecule has 1 amide bonds. The second-order valence-corrected chi connectivity index (χ2v) is 9.14. The van der Waals surface area contributed by atoms with Gasteiger partial charge in [-0.3, -0.25) is 4.79 Å². The van der Waals surface area contributed by atoms with Gasteiger partial charge in [-0.15, -0.1) is 10.2 Å². The third kappa shape index (κ3) is 5.77. The van der Waals surface area contributed by atoms with Crippen molar-refractivity contribution in [3.05, 3.63) is 59.5 Å². The quantitative estimate of drug-likeness (QED) is 0.437. The Morgan fingerprint density at radius 1 is 1.06 bits per heavy atom. The van der Waals surface area contributed by atoms with Crippen LogP contribution in [-0.4, -0.2) is 40.8 Å². The molecule has 3 rings (SSSR count). The van der Waals surface area contributed by atoms with Crippen molar-refractivity contribution in [2.24, 2.45) is 0 Å². The number of carbonyl (C=O) groups excluding carboxylic acids is 1. The molecule has 0 radical (unpaired) electrons. The molecule has 0 unspecified atom stereocenters. The number of alkyl halides is 3. The van der Waals surface area contributed by atoms with Crippen LogP contribution in [-0.2, 0) is 15.9 Å². The molecule has 0 spiro atoms. The normalized spacial score (nSPS) is 13.0. The number of halogens is 4. The Hall–Kier alpha value is -3.94. The molecular formula is C21H18F4N4O5S. The fraction of sp³-hybridized carbons (Fsp3) is 0.190. The topological polar surface area (TPSA) is 123 Å². The zero-order valence-electron chi connectivity index (χ0n) is 18.4. The summed E-state index contributed by atoms with van der Waals surface area (Å²) in [7, 11) is -1.03. The molecule has 0 aliphatic rings. The molecule has 0 aliphatic heterocycles. The molecule has 1 atom stereocenters. The number of ether oxygens (including phenoxy) is 3. The molecule has 0 saturated heterocycles. The van der Waals surface area contributed by atoms with Gasteiger partial charge in [-0.1, -0.05) is 6.07 Å². The minimum Gasteiger partial charge on any atom is -0.493 e. The lowest BCUT2D eigenvalue weighted by atomic mass is 10.2. The Labute approximate surface area is 197 Å². The number of amides is 1. The van der Waals surface area contributed by atoms with Gasteiger partial charge in [0.15, 0.2) is 17.2 Å². The van der Waals surface area contributed by atoms with E-state index in [1.807, 2.05) is 0 Å². The highest BCUT2D eigenvalue weighted by atomic mass is 32.2. The summed E-state index contributed by atoms with van der Waals surface area (Å²) in [5.74, 6) is -3.77. The van der Waals surface area contributed by atoms with E-state index in [2.05, 4.69) is 15.5 Å². The van der Waals surface area contributed by atoms with Crippen molar-refractivity contribution in [1.29, 1.82) is 4.78 Å². The first-order chi connectivity index (χ1) is 16.3. The monoisotopic (exact) mass is 514 g/mol. The van der Waals surface area contributed by atoms with Crippen molar-refractivity contribution < 1.29 is 40.8 Å². The van der Waals surface area contributed by atoms with Crippen LogP contribution in [0.5, 0.6) is 23.1 Å². The standard InChI is InChI=1S/C21H18F4N4O5S/c1-32-15-9-11(22)7-8-14(15)34-20-16(17(33-2)18(28-29-20)21(23,24)25)19(30)27-12-5-4-6-13(10-12)35(3,26)31/h4-10,26H,1-3H3,(H,27,30)/t35-/m0/s1. The fourth-order valence-corrected chi connectivity index (χ4v) is 3.59. The van der Waals surface area contributed by atoms with Gasteiger partial charge in [-0.05, 0) is 30.3 Å². The number of aromatic nitrogens is 2. The lowest BCUT2D eigenvalue weighted by Gasteiger charge is -2.17. The maximum atomic E-state index is 13.5. The first-order valence-electron chi connectivity index (χ1n) is 9.53. The highest BCUT2D eigenvalue weighted by Crippen LogP contribution is 2.41. The van der Waals surface area contributed by atoms with Gasteiger partial charge in [0, 0.05) is 22.9 Å². The van der Waals surface area contributed by atoms with Gasteiger partial charge in [0.05, 0.1) is 23.9 Å². The van der Waals surface area contributed by atoms with Crippen molar-refractivity contribution in [2.45, 2.75) is 11.1 Å². The molecule has 0 fully saturated rings. The van der Waals surface area contributed by atoms with Gasteiger partial charge >= 0.3 is 6.18 Å². The Kier molecular flexibility index (Phi) is 7.14. The van der Waals surface area contributed by atoms with Gasteiger partial charge in [0.2, 0.25) is 5.69 Å². The van der Waals surface area contributed by atoms with Crippen LogP contribution in [0.15, 0.2) is 47.4 Å². The summed E-state index contributed by atoms with van der Waals surface area (Å²) < 4.78 is 89.2. The Bertz CT molecular complexity index is 1380. The lowest BCUT2D eigenvalue weighted by molar-refractivity contribution is -0.143. The molecule has 1 aromatic heterocycles. The van der Waals surface area contributed by atoms with Crippen LogP contribution < -0.4 is 19.5 Å². The van der Waals surface area contributed by atoms with Crippen LogP contribution in [0.1, 0.15) is 16.1 Å². The molecule has 35 heavy (non-hydrogen) atoms. The average Bonchev–Trinajstić information content (AvgIpc) is 2.78. The molecule has 2 N–H and O–H groups in total. The zero-order valence-corrected chi connectivity index (χ0v) is 19.2. The summed E-state index contributed by atoms with van der Waals surface area (Å²) >= 11 is 0. The van der Waals surface area contributed by atoms with E-state index in [1.54, 1.807) is 0 Å². The number of rotatable bonds is 7. The van der Waals surface area contributed by atoms with Crippen LogP contribution >= 0.6 is 0 Å². The molecule has 1 heterocycles. The predicted octanol–water partition coefficient (Wildman–Crippen LogP) is 4.73. The average molecular weight is 514 g/mol. The van der Waals surface area contributed by atoms with E-state index >= 15 is 0 Å². The van der Waals surface area contributed by atoms with Crippen LogP contribution in [0.25, 0.3) is 0 Å². The van der Waals surface area contributed by atoms with Gasteiger partial charge < -0.3 is 19.5 Å². The van der Waals surface area contributed by atoms with Gasteiger partial charge in [0.1, 0.15) is 11.4 Å². The zero-order chi connectivity index (χ0) is 26.0. The number of hydrogen-bond acceptors (Lipinski definition) is 8. The highest BCUT2D eigenvalue weighted by molar-refractivity contribution is 7.91. The van der Waals surface area contributed by atoms with Crippen LogP contribution in [0, 0.1) is 10.6 Å². The summed E-state index contributed by atoms with van der Waals surface area (Å²) in [4.78, 5) is 13.2. The van der Waals surface area contributed by atoms with E-state index in [9.17, 15) is 26.6 Å². The van der Waals surface area contributed by atoms with E-state index in [1.165, 1.54) is 37.6 Å². The summed E-state index contributed by atoms with van der Waals surface area (Å²) in [5, 5.41) is 8.87. The molecular weight excluding hydrogens is 496 g/mol. The van der Waals surface area contributed by atoms with Crippen molar-refractivity contribution >= 4 is 21.3 Å². The lowest BCUT2D eigenvalue weighted by Crippen LogP contribution is -2.20. The Morgan fingerprint density at radius 2 is 1.77 bits per heavy atom. The molecule has 9 nitrogen and oxygen atoms in total. The third-order valence-corrected chi connectivity index (χ3v) is 5.62. The maximum Gasteiger partial charge on any atom is 0.438 e. The van der Waals surface area contributed by atoms with Crippen molar-refractivity contribution in [1.82, 2.24) is 10.2 Å². The van der Waals surface area contributed by atoms with Gasteiger partial charge in [-0.25, -0.2) is 13.4 Å². The van der Waals surface area contributed by atoms with E-state index in [4.69, 9.17) is 19.0 Å². The van der Waals surface area contributed by atoms with Gasteiger partial charge in [0.25, 0.3) is 11.8 Å². The largest absolute Gasteiger partial charge is 0.493 e. The van der Waals surface area contributed by atoms with E-state index in [0.29, 0.717) is 0 Å². The number of hydrogen-bond donors (Lipinski definition) is 2. The SMILES string of the molecule is COc1cc(F)ccc1Oc1nnc(C(F)(F)F)c(OC)c1C(=O)Nc1cccc([S@@](C)(=N)=O)c1. The number of nitrogens with one attached hydrogen (secondary N) is 2. The molecule has 14 heteroatoms. The smallest absolute Gasteiger partial charge is 0.438 e. The minimum atomic E-state index is -5.03. The molecule has 0 saturated carbocycles. The summed E-state index contributed by atoms with van der Waals surface area (Å²) in [5.41, 5.74) is -2.32. The Balaban J connectivity index is 2.14. The number of methoxy groups -OCH3 is 2. The summed E-state index contributed by atoms with van der Waals surface area (Å²) in [6.45, 7) is 0. The molecule has 2 aromatic carbocycles. The highest BCUT2D eigenvalue weighted by Gasteiger charge is 2.41. The third-order valence-electron chi connectivity index (χ3n) is 4.47. The molecule has 0 aliphatic carbocycles. The maximum absolute atomic E-state index is 13.5. The fourth-order valence-electron chi connectivity index (χ4n) is 2.90. The number of anilines is 1. The summed E-state index contributed by atoms with van der Waals surface area (Å²) in [6.07, 6.45) is -3.86. The molecule has 3 aromatic rings. The van der Waals surface area contributed by atoms with E-state index in [0.717, 1.165) is 25.3 Å². The van der Waals surface area contributed by atoms with Gasteiger partial charge in [-0.2, -0.15) is 13.2 Å². The Morgan fingerprint density at radius 3 is 2.37 bits per heavy atom. The predicted molar refractivity (Wildman–Crippen MR) is 116 cm³/mol. The first-order valence-corrected chi connectivity index (χ1v) is 11.5. The second kappa shape index (κ2) is 9.74. The second-order valence-electron chi connectivity index (χ2n) is 6.98. The van der Waals surface area contributed by atoms with E-state index in [-0.39, 0.29) is 22.1 Å². The van der Waals surface area contributed by atoms with Crippen molar-refractivity contribution in [3.8, 4) is 23.1 Å². The molecule has 186 valence electrons. The minimum absolute atomic E-state index is 0.0343. The number of carbonyl (C=O) groups is 1. The number of nitrogens with zero attached hydrogens (tertiary/aromatic N) is 2. The van der Waals surface area contributed by atoms with Crippen LogP contribution in [0.2, 0.25) is 0 Å². The van der Waals surface area contributed by atoms with Crippen molar-refractivity contribution in [3.63, 3.8) is 0 Å². The van der Waals surface area contributed by atoms with Crippen molar-refractivity contribution in [2.75, 3.05) is 25.8 Å².